The molecule has 2 aromatic carbocycles. The number of carbonyl (C=O) groups excluding carboxylic acids is 1. The number of piperidine rings is 1. The fourth-order valence-electron chi connectivity index (χ4n) is 4.36. The summed E-state index contributed by atoms with van der Waals surface area (Å²) in [5, 5.41) is 12.3. The molecular formula is C30H35N5O3. The van der Waals surface area contributed by atoms with Gasteiger partial charge in [0.1, 0.15) is 23.0 Å². The number of carbonyl (C=O) groups is 1. The number of nitriles is 1. The second-order valence-corrected chi connectivity index (χ2v) is 10.5. The van der Waals surface area contributed by atoms with E-state index in [2.05, 4.69) is 26.3 Å². The number of aromatic nitrogens is 2. The van der Waals surface area contributed by atoms with Crippen LogP contribution in [-0.4, -0.2) is 41.3 Å². The van der Waals surface area contributed by atoms with Crippen LogP contribution in [-0.2, 0) is 11.2 Å². The molecule has 1 aromatic heterocycles. The van der Waals surface area contributed by atoms with Crippen molar-refractivity contribution >= 4 is 11.9 Å². The molecule has 1 fully saturated rings. The molecule has 0 aliphatic carbocycles. The lowest BCUT2D eigenvalue weighted by Gasteiger charge is -2.28. The van der Waals surface area contributed by atoms with E-state index in [9.17, 15) is 10.1 Å². The largest absolute Gasteiger partial charge is 0.444 e. The molecule has 0 atom stereocenters. The maximum atomic E-state index is 11.9. The second-order valence-electron chi connectivity index (χ2n) is 10.5. The van der Waals surface area contributed by atoms with E-state index in [4.69, 9.17) is 9.47 Å². The number of hydrogen-bond donors (Lipinski definition) is 1. The van der Waals surface area contributed by atoms with Gasteiger partial charge in [-0.3, -0.25) is 0 Å². The van der Waals surface area contributed by atoms with Gasteiger partial charge in [0.15, 0.2) is 0 Å². The quantitative estimate of drug-likeness (QED) is 0.403. The molecule has 0 unspecified atom stereocenters. The highest BCUT2D eigenvalue weighted by Crippen LogP contribution is 2.35. The van der Waals surface area contributed by atoms with E-state index in [1.807, 2.05) is 64.1 Å². The number of nitrogens with one attached hydrogen (secondary N) is 1. The molecule has 8 nitrogen and oxygen atoms in total. The van der Waals surface area contributed by atoms with Crippen LogP contribution in [0.2, 0.25) is 0 Å². The summed E-state index contributed by atoms with van der Waals surface area (Å²) < 4.78 is 11.6. The maximum absolute atomic E-state index is 11.9. The molecule has 198 valence electrons. The molecular weight excluding hydrogens is 478 g/mol. The van der Waals surface area contributed by atoms with Crippen LogP contribution >= 0.6 is 0 Å². The minimum Gasteiger partial charge on any atom is -0.444 e. The van der Waals surface area contributed by atoms with E-state index in [-0.39, 0.29) is 0 Å². The van der Waals surface area contributed by atoms with Crippen molar-refractivity contribution in [2.75, 3.05) is 24.5 Å². The molecule has 1 amide bonds. The van der Waals surface area contributed by atoms with Crippen LogP contribution in [0.15, 0.2) is 48.5 Å². The van der Waals surface area contributed by atoms with Gasteiger partial charge in [0.05, 0.1) is 11.6 Å². The average Bonchev–Trinajstić information content (AvgIpc) is 2.88. The summed E-state index contributed by atoms with van der Waals surface area (Å²) in [6, 6.07) is 17.6. The summed E-state index contributed by atoms with van der Waals surface area (Å²) in [5.74, 6) is 2.53. The highest BCUT2D eigenvalue weighted by Gasteiger charge is 2.17. The zero-order valence-electron chi connectivity index (χ0n) is 22.6. The highest BCUT2D eigenvalue weighted by molar-refractivity contribution is 5.72. The smallest absolute Gasteiger partial charge is 0.407 e. The Kier molecular flexibility index (Phi) is 8.47. The number of amides is 1. The number of aryl methyl sites for hydroxylation is 1. The van der Waals surface area contributed by atoms with Crippen molar-refractivity contribution < 1.29 is 14.3 Å². The first-order valence-corrected chi connectivity index (χ1v) is 13.1. The third-order valence-corrected chi connectivity index (χ3v) is 6.15. The Morgan fingerprint density at radius 2 is 1.79 bits per heavy atom. The van der Waals surface area contributed by atoms with Crippen molar-refractivity contribution in [1.82, 2.24) is 15.3 Å². The zero-order chi connectivity index (χ0) is 27.1. The van der Waals surface area contributed by atoms with E-state index < -0.39 is 11.7 Å². The van der Waals surface area contributed by atoms with Gasteiger partial charge in [-0.05, 0) is 82.7 Å². The summed E-state index contributed by atoms with van der Waals surface area (Å²) in [6.45, 7) is 9.81. The van der Waals surface area contributed by atoms with Crippen LogP contribution in [0.5, 0.6) is 11.6 Å². The molecule has 1 aliphatic rings. The maximum Gasteiger partial charge on any atom is 0.407 e. The van der Waals surface area contributed by atoms with Gasteiger partial charge in [-0.1, -0.05) is 24.3 Å². The molecule has 1 saturated heterocycles. The predicted octanol–water partition coefficient (Wildman–Crippen LogP) is 6.17. The number of ether oxygens (including phenoxy) is 2. The van der Waals surface area contributed by atoms with Gasteiger partial charge in [-0.25, -0.2) is 9.78 Å². The molecule has 3 aromatic rings. The van der Waals surface area contributed by atoms with Crippen molar-refractivity contribution in [2.24, 2.45) is 0 Å². The van der Waals surface area contributed by atoms with Gasteiger partial charge in [-0.15, -0.1) is 0 Å². The van der Waals surface area contributed by atoms with Crippen molar-refractivity contribution in [1.29, 1.82) is 5.26 Å². The fraction of sp³-hybridized carbons (Fsp3) is 0.400. The van der Waals surface area contributed by atoms with Gasteiger partial charge in [0, 0.05) is 31.3 Å². The van der Waals surface area contributed by atoms with Gasteiger partial charge in [0.2, 0.25) is 5.88 Å². The summed E-state index contributed by atoms with van der Waals surface area (Å²) in [6.07, 6.45) is 3.81. The van der Waals surface area contributed by atoms with Crippen LogP contribution in [0, 0.1) is 18.3 Å². The van der Waals surface area contributed by atoms with E-state index >= 15 is 0 Å². The van der Waals surface area contributed by atoms with E-state index in [0.717, 1.165) is 48.4 Å². The van der Waals surface area contributed by atoms with Gasteiger partial charge >= 0.3 is 6.09 Å². The Morgan fingerprint density at radius 1 is 1.05 bits per heavy atom. The van der Waals surface area contributed by atoms with Crippen LogP contribution in [0.3, 0.4) is 0 Å². The zero-order valence-corrected chi connectivity index (χ0v) is 22.6. The van der Waals surface area contributed by atoms with Crippen molar-refractivity contribution in [3.8, 4) is 28.8 Å². The lowest BCUT2D eigenvalue weighted by molar-refractivity contribution is 0.0528. The Balaban J connectivity index is 1.50. The van der Waals surface area contributed by atoms with Gasteiger partial charge in [0.25, 0.3) is 0 Å². The number of hydrogen-bond acceptors (Lipinski definition) is 7. The predicted molar refractivity (Wildman–Crippen MR) is 147 cm³/mol. The summed E-state index contributed by atoms with van der Waals surface area (Å²) in [5.41, 5.74) is 2.88. The first-order chi connectivity index (χ1) is 18.2. The highest BCUT2D eigenvalue weighted by atomic mass is 16.6. The van der Waals surface area contributed by atoms with E-state index in [1.54, 1.807) is 12.1 Å². The Bertz CT molecular complexity index is 1300. The van der Waals surface area contributed by atoms with Crippen LogP contribution in [0.25, 0.3) is 11.1 Å². The third-order valence-electron chi connectivity index (χ3n) is 6.15. The lowest BCUT2D eigenvalue weighted by atomic mass is 10.0. The summed E-state index contributed by atoms with van der Waals surface area (Å²) in [4.78, 5) is 23.3. The van der Waals surface area contributed by atoms with Gasteiger partial charge in [-0.2, -0.15) is 10.2 Å². The molecule has 8 heteroatoms. The van der Waals surface area contributed by atoms with Crippen molar-refractivity contribution in [3.63, 3.8) is 0 Å². The monoisotopic (exact) mass is 513 g/mol. The van der Waals surface area contributed by atoms with E-state index in [0.29, 0.717) is 36.0 Å². The normalized spacial score (nSPS) is 13.5. The van der Waals surface area contributed by atoms with Crippen LogP contribution in [0.1, 0.15) is 57.0 Å². The van der Waals surface area contributed by atoms with Crippen molar-refractivity contribution in [3.05, 3.63) is 65.5 Å². The summed E-state index contributed by atoms with van der Waals surface area (Å²) >= 11 is 0. The Hall–Kier alpha value is -4.12. The molecule has 4 rings (SSSR count). The molecule has 2 heterocycles. The topological polar surface area (TPSA) is 100 Å². The molecule has 38 heavy (non-hydrogen) atoms. The molecule has 0 spiro atoms. The first kappa shape index (κ1) is 26.9. The second kappa shape index (κ2) is 12.0. The number of nitrogens with zero attached hydrogens (tertiary/aromatic N) is 4. The molecule has 0 radical (unpaired) electrons. The molecule has 1 N–H and O–H groups in total. The minimum atomic E-state index is -0.522. The Morgan fingerprint density at radius 3 is 2.47 bits per heavy atom. The lowest BCUT2D eigenvalue weighted by Crippen LogP contribution is -2.33. The number of anilines is 1. The average molecular weight is 514 g/mol. The molecule has 0 saturated carbocycles. The summed E-state index contributed by atoms with van der Waals surface area (Å²) in [7, 11) is 0. The first-order valence-electron chi connectivity index (χ1n) is 13.1. The SMILES string of the molecule is Cc1nc(Oc2cc(C#N)ccc2-c2ccc(CCNC(=O)OC(C)(C)C)cc2)cc(N2CCCCC2)n1. The number of rotatable bonds is 7. The number of benzene rings is 2. The Labute approximate surface area is 224 Å². The van der Waals surface area contributed by atoms with Gasteiger partial charge < -0.3 is 19.7 Å². The van der Waals surface area contributed by atoms with Crippen LogP contribution in [0.4, 0.5) is 10.6 Å². The van der Waals surface area contributed by atoms with Crippen molar-refractivity contribution in [2.45, 2.75) is 59.0 Å². The standard InChI is InChI=1S/C30H35N5O3/c1-21-33-27(35-16-6-5-7-17-35)19-28(34-21)37-26-18-23(20-31)10-13-25(26)24-11-8-22(9-12-24)14-15-32-29(36)38-30(2,3)4/h8-13,18-19H,5-7,14-17H2,1-4H3,(H,32,36). The minimum absolute atomic E-state index is 0.420. The van der Waals surface area contributed by atoms with Crippen LogP contribution < -0.4 is 15.0 Å². The molecule has 1 aliphatic heterocycles. The third kappa shape index (κ3) is 7.45. The molecule has 0 bridgehead atoms. The van der Waals surface area contributed by atoms with E-state index in [1.165, 1.54) is 6.42 Å². The fourth-order valence-corrected chi connectivity index (χ4v) is 4.36. The number of alkyl carbamates (subject to hydrolysis) is 1.